The molecule has 0 spiro atoms. The SMILES string of the molecule is COc1ccc(CN=C(NCC(=O)N(C)C)NCC2(c3ccccc3Cl)CC2)cc1.I. The molecule has 1 fully saturated rings. The highest BCUT2D eigenvalue weighted by Gasteiger charge is 2.45. The van der Waals surface area contributed by atoms with Gasteiger partial charge in [-0.2, -0.15) is 0 Å². The number of amides is 1. The average molecular weight is 557 g/mol. The molecule has 1 saturated carbocycles. The van der Waals surface area contributed by atoms with Gasteiger partial charge < -0.3 is 20.3 Å². The number of hydrogen-bond donors (Lipinski definition) is 2. The van der Waals surface area contributed by atoms with Crippen molar-refractivity contribution in [2.24, 2.45) is 4.99 Å². The molecular weight excluding hydrogens is 527 g/mol. The minimum atomic E-state index is -0.0128. The number of guanidine groups is 1. The smallest absolute Gasteiger partial charge is 0.241 e. The lowest BCUT2D eigenvalue weighted by Crippen LogP contribution is -2.45. The monoisotopic (exact) mass is 556 g/mol. The summed E-state index contributed by atoms with van der Waals surface area (Å²) in [7, 11) is 5.12. The lowest BCUT2D eigenvalue weighted by atomic mass is 9.96. The van der Waals surface area contributed by atoms with Crippen LogP contribution in [-0.2, 0) is 16.8 Å². The van der Waals surface area contributed by atoms with Crippen LogP contribution in [0.2, 0.25) is 5.02 Å². The quantitative estimate of drug-likeness (QED) is 0.295. The van der Waals surface area contributed by atoms with Crippen LogP contribution in [0.3, 0.4) is 0 Å². The number of halogens is 2. The summed E-state index contributed by atoms with van der Waals surface area (Å²) in [6, 6.07) is 15.8. The Morgan fingerprint density at radius 1 is 1.13 bits per heavy atom. The maximum Gasteiger partial charge on any atom is 0.241 e. The van der Waals surface area contributed by atoms with Gasteiger partial charge in [-0.1, -0.05) is 41.9 Å². The highest BCUT2D eigenvalue weighted by atomic mass is 127. The summed E-state index contributed by atoms with van der Waals surface area (Å²) in [6.45, 7) is 1.39. The molecule has 2 N–H and O–H groups in total. The van der Waals surface area contributed by atoms with Crippen molar-refractivity contribution in [1.82, 2.24) is 15.5 Å². The van der Waals surface area contributed by atoms with Crippen LogP contribution in [-0.4, -0.2) is 51.1 Å². The van der Waals surface area contributed by atoms with Gasteiger partial charge in [0.25, 0.3) is 0 Å². The van der Waals surface area contributed by atoms with E-state index in [0.717, 1.165) is 34.7 Å². The number of rotatable bonds is 8. The van der Waals surface area contributed by atoms with Crippen LogP contribution in [0.4, 0.5) is 0 Å². The molecule has 31 heavy (non-hydrogen) atoms. The highest BCUT2D eigenvalue weighted by molar-refractivity contribution is 14.0. The van der Waals surface area contributed by atoms with E-state index in [4.69, 9.17) is 16.3 Å². The average Bonchev–Trinajstić information content (AvgIpc) is 3.54. The van der Waals surface area contributed by atoms with Crippen molar-refractivity contribution < 1.29 is 9.53 Å². The fourth-order valence-electron chi connectivity index (χ4n) is 3.23. The van der Waals surface area contributed by atoms with E-state index in [2.05, 4.69) is 21.7 Å². The molecular formula is C23H30ClIN4O2. The van der Waals surface area contributed by atoms with Gasteiger partial charge in [0.05, 0.1) is 20.2 Å². The predicted octanol–water partition coefficient (Wildman–Crippen LogP) is 3.82. The number of methoxy groups -OCH3 is 1. The van der Waals surface area contributed by atoms with Crippen molar-refractivity contribution in [3.8, 4) is 5.75 Å². The summed E-state index contributed by atoms with van der Waals surface area (Å²) in [5.74, 6) is 1.41. The van der Waals surface area contributed by atoms with Crippen LogP contribution in [0, 0.1) is 0 Å². The highest BCUT2D eigenvalue weighted by Crippen LogP contribution is 2.49. The summed E-state index contributed by atoms with van der Waals surface area (Å²) >= 11 is 6.43. The molecule has 1 amide bonds. The number of likely N-dealkylation sites (N-methyl/N-ethyl adjacent to an activating group) is 1. The van der Waals surface area contributed by atoms with Gasteiger partial charge in [0, 0.05) is 31.1 Å². The molecule has 0 unspecified atom stereocenters. The second-order valence-electron chi connectivity index (χ2n) is 7.77. The molecule has 1 aliphatic rings. The third-order valence-electron chi connectivity index (χ3n) is 5.38. The molecule has 0 aliphatic heterocycles. The largest absolute Gasteiger partial charge is 0.497 e. The van der Waals surface area contributed by atoms with Gasteiger partial charge in [-0.3, -0.25) is 4.79 Å². The molecule has 0 saturated heterocycles. The van der Waals surface area contributed by atoms with Gasteiger partial charge in [-0.15, -0.1) is 24.0 Å². The molecule has 0 atom stereocenters. The van der Waals surface area contributed by atoms with E-state index in [-0.39, 0.29) is 41.8 Å². The first-order valence-electron chi connectivity index (χ1n) is 10.0. The van der Waals surface area contributed by atoms with Gasteiger partial charge in [0.2, 0.25) is 5.91 Å². The van der Waals surface area contributed by atoms with Crippen molar-refractivity contribution in [2.45, 2.75) is 24.8 Å². The Balaban J connectivity index is 0.00000341. The van der Waals surface area contributed by atoms with E-state index in [1.54, 1.807) is 26.1 Å². The maximum absolute atomic E-state index is 12.0. The first-order chi connectivity index (χ1) is 14.4. The van der Waals surface area contributed by atoms with E-state index in [0.29, 0.717) is 19.0 Å². The summed E-state index contributed by atoms with van der Waals surface area (Å²) in [4.78, 5) is 18.3. The topological polar surface area (TPSA) is 66.0 Å². The molecule has 0 bridgehead atoms. The van der Waals surface area contributed by atoms with E-state index in [9.17, 15) is 4.79 Å². The fourth-order valence-corrected chi connectivity index (χ4v) is 3.57. The molecule has 3 rings (SSSR count). The van der Waals surface area contributed by atoms with Crippen LogP contribution in [0.5, 0.6) is 5.75 Å². The first-order valence-corrected chi connectivity index (χ1v) is 10.4. The number of aliphatic imine (C=N–C) groups is 1. The van der Waals surface area contributed by atoms with Crippen LogP contribution in [0.25, 0.3) is 0 Å². The number of ether oxygens (including phenoxy) is 1. The van der Waals surface area contributed by atoms with Gasteiger partial charge in [0.1, 0.15) is 5.75 Å². The summed E-state index contributed by atoms with van der Waals surface area (Å²) in [5.41, 5.74) is 2.24. The molecule has 0 aromatic heterocycles. The number of carbonyl (C=O) groups is 1. The minimum Gasteiger partial charge on any atom is -0.497 e. The zero-order chi connectivity index (χ0) is 21.6. The third kappa shape index (κ3) is 7.00. The fraction of sp³-hybridized carbons (Fsp3) is 0.391. The standard InChI is InChI=1S/C23H29ClN4O2.HI/c1-28(2)21(29)15-26-22(25-14-17-8-10-18(30-3)11-9-17)27-16-23(12-13-23)19-6-4-5-7-20(19)24;/h4-11H,12-16H2,1-3H3,(H2,25,26,27);1H. The number of hydrogen-bond acceptors (Lipinski definition) is 3. The lowest BCUT2D eigenvalue weighted by Gasteiger charge is -2.21. The third-order valence-corrected chi connectivity index (χ3v) is 5.71. The van der Waals surface area contributed by atoms with Crippen molar-refractivity contribution in [3.63, 3.8) is 0 Å². The Bertz CT molecular complexity index is 899. The van der Waals surface area contributed by atoms with Gasteiger partial charge in [-0.25, -0.2) is 4.99 Å². The molecule has 2 aromatic rings. The molecule has 0 heterocycles. The van der Waals surface area contributed by atoms with E-state index >= 15 is 0 Å². The van der Waals surface area contributed by atoms with Crippen LogP contribution in [0.15, 0.2) is 53.5 Å². The van der Waals surface area contributed by atoms with Crippen LogP contribution < -0.4 is 15.4 Å². The first kappa shape index (κ1) is 25.3. The molecule has 8 heteroatoms. The summed E-state index contributed by atoms with van der Waals surface area (Å²) < 4.78 is 5.20. The van der Waals surface area contributed by atoms with Crippen molar-refractivity contribution in [2.75, 3.05) is 34.3 Å². The normalized spacial score (nSPS) is 14.3. The summed E-state index contributed by atoms with van der Waals surface area (Å²) in [6.07, 6.45) is 2.15. The Labute approximate surface area is 206 Å². The van der Waals surface area contributed by atoms with Gasteiger partial charge in [0.15, 0.2) is 5.96 Å². The van der Waals surface area contributed by atoms with Crippen LogP contribution in [0.1, 0.15) is 24.0 Å². The van der Waals surface area contributed by atoms with Gasteiger partial charge >= 0.3 is 0 Å². The Morgan fingerprint density at radius 2 is 1.81 bits per heavy atom. The zero-order valence-electron chi connectivity index (χ0n) is 18.2. The molecule has 168 valence electrons. The molecule has 2 aromatic carbocycles. The Hall–Kier alpha value is -2.00. The van der Waals surface area contributed by atoms with E-state index < -0.39 is 0 Å². The van der Waals surface area contributed by atoms with Crippen LogP contribution >= 0.6 is 35.6 Å². The zero-order valence-corrected chi connectivity index (χ0v) is 21.2. The van der Waals surface area contributed by atoms with Crippen molar-refractivity contribution >= 4 is 47.4 Å². The lowest BCUT2D eigenvalue weighted by molar-refractivity contribution is -0.127. The maximum atomic E-state index is 12.0. The van der Waals surface area contributed by atoms with Crippen molar-refractivity contribution in [3.05, 3.63) is 64.7 Å². The molecule has 1 aliphatic carbocycles. The number of carbonyl (C=O) groups excluding carboxylic acids is 1. The molecule has 0 radical (unpaired) electrons. The molecule has 6 nitrogen and oxygen atoms in total. The Kier molecular flexibility index (Phi) is 9.43. The second kappa shape index (κ2) is 11.6. The van der Waals surface area contributed by atoms with E-state index in [1.807, 2.05) is 42.5 Å². The van der Waals surface area contributed by atoms with Crippen molar-refractivity contribution in [1.29, 1.82) is 0 Å². The van der Waals surface area contributed by atoms with Gasteiger partial charge in [-0.05, 0) is 42.2 Å². The number of nitrogens with zero attached hydrogens (tertiary/aromatic N) is 2. The predicted molar refractivity (Wildman–Crippen MR) is 137 cm³/mol. The summed E-state index contributed by atoms with van der Waals surface area (Å²) in [5, 5.41) is 7.37. The number of benzene rings is 2. The second-order valence-corrected chi connectivity index (χ2v) is 8.18. The minimum absolute atomic E-state index is 0. The Morgan fingerprint density at radius 3 is 2.39 bits per heavy atom. The number of nitrogens with one attached hydrogen (secondary N) is 2. The van der Waals surface area contributed by atoms with E-state index in [1.165, 1.54) is 0 Å².